The Hall–Kier alpha value is -0.970. The number of thioether (sulfide) groups is 1. The summed E-state index contributed by atoms with van der Waals surface area (Å²) in [6.45, 7) is 0.790. The van der Waals surface area contributed by atoms with Crippen molar-refractivity contribution in [3.05, 3.63) is 57.2 Å². The Morgan fingerprint density at radius 3 is 2.95 bits per heavy atom. The molecule has 98 valence electrons. The number of carbonyl (C=O) groups is 1. The SMILES string of the molecule is O=C(c1cccs1)N1CCSC1c1cccc(Cl)c1. The van der Waals surface area contributed by atoms with Gasteiger partial charge in [-0.05, 0) is 29.1 Å². The van der Waals surface area contributed by atoms with Crippen molar-refractivity contribution in [2.45, 2.75) is 5.37 Å². The zero-order valence-corrected chi connectivity index (χ0v) is 12.5. The number of nitrogens with zero attached hydrogens (tertiary/aromatic N) is 1. The van der Waals surface area contributed by atoms with Crippen LogP contribution >= 0.6 is 34.7 Å². The van der Waals surface area contributed by atoms with Gasteiger partial charge in [0.05, 0.1) is 4.88 Å². The van der Waals surface area contributed by atoms with Gasteiger partial charge in [-0.1, -0.05) is 29.8 Å². The van der Waals surface area contributed by atoms with Gasteiger partial charge in [0, 0.05) is 17.3 Å². The topological polar surface area (TPSA) is 20.3 Å². The number of thiophene rings is 1. The minimum Gasteiger partial charge on any atom is -0.321 e. The van der Waals surface area contributed by atoms with Gasteiger partial charge in [-0.25, -0.2) is 0 Å². The molecule has 1 unspecified atom stereocenters. The van der Waals surface area contributed by atoms with Crippen molar-refractivity contribution >= 4 is 40.6 Å². The van der Waals surface area contributed by atoms with Crippen LogP contribution in [0.3, 0.4) is 0 Å². The Kier molecular flexibility index (Phi) is 3.82. The quantitative estimate of drug-likeness (QED) is 0.825. The molecule has 0 radical (unpaired) electrons. The molecule has 1 atom stereocenters. The van der Waals surface area contributed by atoms with Gasteiger partial charge >= 0.3 is 0 Å². The molecular weight excluding hydrogens is 298 g/mol. The molecule has 0 saturated carbocycles. The van der Waals surface area contributed by atoms with E-state index in [9.17, 15) is 4.79 Å². The number of hydrogen-bond donors (Lipinski definition) is 0. The molecule has 1 saturated heterocycles. The number of hydrogen-bond acceptors (Lipinski definition) is 3. The molecule has 2 heterocycles. The van der Waals surface area contributed by atoms with E-state index in [1.54, 1.807) is 11.8 Å². The average Bonchev–Trinajstić information content (AvgIpc) is 3.09. The van der Waals surface area contributed by atoms with Crippen molar-refractivity contribution in [3.8, 4) is 0 Å². The second kappa shape index (κ2) is 5.57. The van der Waals surface area contributed by atoms with Crippen LogP contribution in [0.5, 0.6) is 0 Å². The van der Waals surface area contributed by atoms with E-state index in [0.29, 0.717) is 5.02 Å². The molecule has 0 spiro atoms. The fourth-order valence-electron chi connectivity index (χ4n) is 2.16. The lowest BCUT2D eigenvalue weighted by atomic mass is 10.2. The van der Waals surface area contributed by atoms with E-state index in [4.69, 9.17) is 11.6 Å². The molecule has 1 aliphatic rings. The maximum absolute atomic E-state index is 12.5. The van der Waals surface area contributed by atoms with Crippen LogP contribution in [0.1, 0.15) is 20.6 Å². The monoisotopic (exact) mass is 309 g/mol. The van der Waals surface area contributed by atoms with Gasteiger partial charge in [0.15, 0.2) is 0 Å². The van der Waals surface area contributed by atoms with Gasteiger partial charge in [0.2, 0.25) is 0 Å². The molecule has 1 amide bonds. The Balaban J connectivity index is 1.88. The second-order valence-electron chi connectivity index (χ2n) is 4.25. The van der Waals surface area contributed by atoms with Crippen molar-refractivity contribution in [1.82, 2.24) is 4.90 Å². The van der Waals surface area contributed by atoms with Gasteiger partial charge < -0.3 is 4.90 Å². The van der Waals surface area contributed by atoms with Crippen molar-refractivity contribution in [1.29, 1.82) is 0 Å². The summed E-state index contributed by atoms with van der Waals surface area (Å²) in [5.74, 6) is 1.08. The highest BCUT2D eigenvalue weighted by Gasteiger charge is 2.31. The third kappa shape index (κ3) is 2.66. The third-order valence-corrected chi connectivity index (χ3v) is 5.37. The molecule has 0 aliphatic carbocycles. The second-order valence-corrected chi connectivity index (χ2v) is 6.83. The summed E-state index contributed by atoms with van der Waals surface area (Å²) in [4.78, 5) is 15.2. The normalized spacial score (nSPS) is 18.8. The summed E-state index contributed by atoms with van der Waals surface area (Å²) in [7, 11) is 0. The van der Waals surface area contributed by atoms with Gasteiger partial charge in [-0.15, -0.1) is 23.1 Å². The van der Waals surface area contributed by atoms with Crippen molar-refractivity contribution in [2.75, 3.05) is 12.3 Å². The molecule has 1 aromatic heterocycles. The fraction of sp³-hybridized carbons (Fsp3) is 0.214. The van der Waals surface area contributed by atoms with E-state index in [-0.39, 0.29) is 11.3 Å². The van der Waals surface area contributed by atoms with E-state index in [1.165, 1.54) is 11.3 Å². The number of halogens is 1. The van der Waals surface area contributed by atoms with Crippen molar-refractivity contribution in [3.63, 3.8) is 0 Å². The van der Waals surface area contributed by atoms with Crippen molar-refractivity contribution in [2.24, 2.45) is 0 Å². The van der Waals surface area contributed by atoms with Crippen LogP contribution in [0, 0.1) is 0 Å². The highest BCUT2D eigenvalue weighted by Crippen LogP contribution is 2.39. The zero-order valence-electron chi connectivity index (χ0n) is 10.1. The molecule has 5 heteroatoms. The minimum atomic E-state index is 0.0771. The van der Waals surface area contributed by atoms with Gasteiger partial charge in [-0.3, -0.25) is 4.79 Å². The Morgan fingerprint density at radius 2 is 2.21 bits per heavy atom. The first-order chi connectivity index (χ1) is 9.25. The summed E-state index contributed by atoms with van der Waals surface area (Å²) in [6, 6.07) is 11.6. The summed E-state index contributed by atoms with van der Waals surface area (Å²) < 4.78 is 0. The molecule has 0 N–H and O–H groups in total. The van der Waals surface area contributed by atoms with Gasteiger partial charge in [-0.2, -0.15) is 0 Å². The van der Waals surface area contributed by atoms with E-state index >= 15 is 0 Å². The number of amides is 1. The molecule has 2 nitrogen and oxygen atoms in total. The maximum Gasteiger partial charge on any atom is 0.265 e. The lowest BCUT2D eigenvalue weighted by Crippen LogP contribution is -2.29. The smallest absolute Gasteiger partial charge is 0.265 e. The lowest BCUT2D eigenvalue weighted by molar-refractivity contribution is 0.0765. The van der Waals surface area contributed by atoms with Crippen LogP contribution in [0.2, 0.25) is 5.02 Å². The molecule has 2 aromatic rings. The predicted molar refractivity (Wildman–Crippen MR) is 82.0 cm³/mol. The van der Waals surface area contributed by atoms with Gasteiger partial charge in [0.25, 0.3) is 5.91 Å². The van der Waals surface area contributed by atoms with E-state index in [0.717, 1.165) is 22.7 Å². The highest BCUT2D eigenvalue weighted by atomic mass is 35.5. The average molecular weight is 310 g/mol. The standard InChI is InChI=1S/C14H12ClNOS2/c15-11-4-1-3-10(9-11)14-16(6-8-19-14)13(17)12-5-2-7-18-12/h1-5,7,9,14H,6,8H2. The van der Waals surface area contributed by atoms with E-state index < -0.39 is 0 Å². The van der Waals surface area contributed by atoms with Crippen LogP contribution in [0.15, 0.2) is 41.8 Å². The first-order valence-electron chi connectivity index (χ1n) is 5.97. The largest absolute Gasteiger partial charge is 0.321 e. The summed E-state index contributed by atoms with van der Waals surface area (Å²) in [5, 5.41) is 2.73. The Labute approximate surface area is 125 Å². The molecule has 1 aromatic carbocycles. The van der Waals surface area contributed by atoms with E-state index in [1.807, 2.05) is 46.7 Å². The minimum absolute atomic E-state index is 0.0771. The number of rotatable bonds is 2. The number of benzene rings is 1. The highest BCUT2D eigenvalue weighted by molar-refractivity contribution is 7.99. The third-order valence-electron chi connectivity index (χ3n) is 3.02. The first-order valence-corrected chi connectivity index (χ1v) is 8.28. The zero-order chi connectivity index (χ0) is 13.2. The first kappa shape index (κ1) is 13.0. The number of carbonyl (C=O) groups excluding carboxylic acids is 1. The Morgan fingerprint density at radius 1 is 1.32 bits per heavy atom. The van der Waals surface area contributed by atoms with Crippen molar-refractivity contribution < 1.29 is 4.79 Å². The Bertz CT molecular complexity index is 585. The summed E-state index contributed by atoms with van der Waals surface area (Å²) in [5.41, 5.74) is 1.10. The van der Waals surface area contributed by atoms with Crippen LogP contribution in [0.4, 0.5) is 0 Å². The van der Waals surface area contributed by atoms with Crippen LogP contribution < -0.4 is 0 Å². The van der Waals surface area contributed by atoms with E-state index in [2.05, 4.69) is 0 Å². The lowest BCUT2D eigenvalue weighted by Gasteiger charge is -2.23. The molecule has 0 bridgehead atoms. The molecule has 1 aliphatic heterocycles. The molecular formula is C14H12ClNOS2. The molecule has 19 heavy (non-hydrogen) atoms. The van der Waals surface area contributed by atoms with Crippen LogP contribution in [0.25, 0.3) is 0 Å². The summed E-state index contributed by atoms with van der Waals surface area (Å²) in [6.07, 6.45) is 0. The predicted octanol–water partition coefficient (Wildman–Crippen LogP) is 4.29. The summed E-state index contributed by atoms with van der Waals surface area (Å²) >= 11 is 9.32. The molecule has 1 fully saturated rings. The fourth-order valence-corrected chi connectivity index (χ4v) is 4.28. The van der Waals surface area contributed by atoms with Gasteiger partial charge in [0.1, 0.15) is 5.37 Å². The molecule has 3 rings (SSSR count). The van der Waals surface area contributed by atoms with Crippen LogP contribution in [-0.4, -0.2) is 23.1 Å². The van der Waals surface area contributed by atoms with Crippen LogP contribution in [-0.2, 0) is 0 Å². The maximum atomic E-state index is 12.5.